The zero-order chi connectivity index (χ0) is 10.7. The van der Waals surface area contributed by atoms with E-state index in [1.165, 1.54) is 26.3 Å². The third-order valence-electron chi connectivity index (χ3n) is 1.76. The summed E-state index contributed by atoms with van der Waals surface area (Å²) in [5.41, 5.74) is 0.370. The molecular formula is C9H11BrFNO2. The zero-order valence-electron chi connectivity index (χ0n) is 7.92. The maximum atomic E-state index is 13.3. The van der Waals surface area contributed by atoms with E-state index < -0.39 is 0 Å². The minimum atomic E-state index is -0.376. The summed E-state index contributed by atoms with van der Waals surface area (Å²) in [6, 6.07) is 2.84. The van der Waals surface area contributed by atoms with E-state index in [2.05, 4.69) is 15.9 Å². The number of hydrogen-bond acceptors (Lipinski definition) is 3. The summed E-state index contributed by atoms with van der Waals surface area (Å²) in [4.78, 5) is 0. The summed E-state index contributed by atoms with van der Waals surface area (Å²) in [5.74, 6) is 0.168. The molecule has 1 aromatic rings. The second-order valence-electron chi connectivity index (χ2n) is 2.86. The average molecular weight is 264 g/mol. The van der Waals surface area contributed by atoms with E-state index in [0.717, 1.165) is 5.06 Å². The van der Waals surface area contributed by atoms with Gasteiger partial charge < -0.3 is 9.94 Å². The first-order chi connectivity index (χ1) is 6.56. The quantitative estimate of drug-likeness (QED) is 0.851. The normalized spacial score (nSPS) is 10.7. The van der Waals surface area contributed by atoms with Crippen LogP contribution in [0, 0.1) is 5.82 Å². The van der Waals surface area contributed by atoms with Crippen molar-refractivity contribution in [3.8, 4) is 5.75 Å². The maximum Gasteiger partial charge on any atom is 0.133 e. The smallest absolute Gasteiger partial charge is 0.133 e. The van der Waals surface area contributed by atoms with Crippen molar-refractivity contribution in [1.29, 1.82) is 0 Å². The Morgan fingerprint density at radius 3 is 2.71 bits per heavy atom. The molecule has 78 valence electrons. The number of hydrogen-bond donors (Lipinski definition) is 1. The van der Waals surface area contributed by atoms with Crippen molar-refractivity contribution in [1.82, 2.24) is 5.06 Å². The largest absolute Gasteiger partial charge is 0.496 e. The average Bonchev–Trinajstić information content (AvgIpc) is 2.12. The van der Waals surface area contributed by atoms with Gasteiger partial charge in [0.1, 0.15) is 11.6 Å². The lowest BCUT2D eigenvalue weighted by Gasteiger charge is -2.13. The molecule has 0 aromatic heterocycles. The molecule has 0 aliphatic carbocycles. The van der Waals surface area contributed by atoms with E-state index in [0.29, 0.717) is 15.8 Å². The molecule has 5 heteroatoms. The van der Waals surface area contributed by atoms with Gasteiger partial charge in [-0.3, -0.25) is 0 Å². The summed E-state index contributed by atoms with van der Waals surface area (Å²) in [6.45, 7) is 0.101. The highest BCUT2D eigenvalue weighted by Gasteiger charge is 2.12. The Morgan fingerprint density at radius 2 is 2.21 bits per heavy atom. The molecule has 0 spiro atoms. The summed E-state index contributed by atoms with van der Waals surface area (Å²) >= 11 is 3.22. The predicted molar refractivity (Wildman–Crippen MR) is 53.9 cm³/mol. The van der Waals surface area contributed by atoms with Crippen molar-refractivity contribution in [2.24, 2.45) is 0 Å². The van der Waals surface area contributed by atoms with Crippen molar-refractivity contribution in [3.63, 3.8) is 0 Å². The van der Waals surface area contributed by atoms with Crippen molar-refractivity contribution in [3.05, 3.63) is 28.0 Å². The lowest BCUT2D eigenvalue weighted by atomic mass is 10.2. The third-order valence-corrected chi connectivity index (χ3v) is 2.63. The van der Waals surface area contributed by atoms with Crippen LogP contribution >= 0.6 is 15.9 Å². The molecule has 1 aromatic carbocycles. The Morgan fingerprint density at radius 1 is 1.57 bits per heavy atom. The Bertz CT molecular complexity index is 331. The first-order valence-corrected chi connectivity index (χ1v) is 4.76. The lowest BCUT2D eigenvalue weighted by Crippen LogP contribution is -2.13. The molecule has 1 N–H and O–H groups in total. The highest BCUT2D eigenvalue weighted by molar-refractivity contribution is 9.10. The van der Waals surface area contributed by atoms with E-state index in [1.54, 1.807) is 0 Å². The molecule has 0 aliphatic heterocycles. The van der Waals surface area contributed by atoms with Crippen LogP contribution in [0.4, 0.5) is 4.39 Å². The van der Waals surface area contributed by atoms with Gasteiger partial charge in [0.25, 0.3) is 0 Å². The highest BCUT2D eigenvalue weighted by Crippen LogP contribution is 2.30. The Kier molecular flexibility index (Phi) is 3.86. The Balaban J connectivity index is 3.11. The van der Waals surface area contributed by atoms with Crippen molar-refractivity contribution in [2.75, 3.05) is 14.2 Å². The SMILES string of the molecule is COc1ccc(F)c(CN(C)O)c1Br. The van der Waals surface area contributed by atoms with Crippen LogP contribution in [0.25, 0.3) is 0 Å². The van der Waals surface area contributed by atoms with E-state index in [-0.39, 0.29) is 12.4 Å². The molecule has 0 heterocycles. The number of rotatable bonds is 3. The molecule has 14 heavy (non-hydrogen) atoms. The topological polar surface area (TPSA) is 32.7 Å². The molecule has 1 rings (SSSR count). The van der Waals surface area contributed by atoms with Gasteiger partial charge >= 0.3 is 0 Å². The fourth-order valence-electron chi connectivity index (χ4n) is 1.11. The van der Waals surface area contributed by atoms with Crippen LogP contribution in [0.3, 0.4) is 0 Å². The van der Waals surface area contributed by atoms with Gasteiger partial charge in [-0.05, 0) is 28.1 Å². The zero-order valence-corrected chi connectivity index (χ0v) is 9.51. The summed E-state index contributed by atoms with van der Waals surface area (Å²) in [6.07, 6.45) is 0. The first kappa shape index (κ1) is 11.4. The number of hydroxylamine groups is 2. The maximum absolute atomic E-state index is 13.3. The van der Waals surface area contributed by atoms with Gasteiger partial charge in [-0.15, -0.1) is 0 Å². The summed E-state index contributed by atoms with van der Waals surface area (Å²) in [7, 11) is 2.95. The van der Waals surface area contributed by atoms with Gasteiger partial charge in [0.05, 0.1) is 18.1 Å². The molecule has 0 radical (unpaired) electrons. The molecule has 0 saturated heterocycles. The third kappa shape index (κ3) is 2.43. The minimum absolute atomic E-state index is 0.101. The molecular weight excluding hydrogens is 253 g/mol. The van der Waals surface area contributed by atoms with Crippen LogP contribution in [-0.2, 0) is 6.54 Å². The van der Waals surface area contributed by atoms with Gasteiger partial charge in [0, 0.05) is 12.6 Å². The van der Waals surface area contributed by atoms with E-state index in [4.69, 9.17) is 9.94 Å². The van der Waals surface area contributed by atoms with E-state index >= 15 is 0 Å². The van der Waals surface area contributed by atoms with E-state index in [9.17, 15) is 4.39 Å². The molecule has 3 nitrogen and oxygen atoms in total. The molecule has 0 fully saturated rings. The molecule has 0 aliphatic rings. The van der Waals surface area contributed by atoms with Crippen LogP contribution in [0.5, 0.6) is 5.75 Å². The molecule has 0 saturated carbocycles. The predicted octanol–water partition coefficient (Wildman–Crippen LogP) is 2.42. The second kappa shape index (κ2) is 4.72. The Hall–Kier alpha value is -0.650. The van der Waals surface area contributed by atoms with Gasteiger partial charge in [-0.1, -0.05) is 0 Å². The van der Waals surface area contributed by atoms with Gasteiger partial charge in [0.2, 0.25) is 0 Å². The van der Waals surface area contributed by atoms with E-state index in [1.807, 2.05) is 0 Å². The van der Waals surface area contributed by atoms with Crippen molar-refractivity contribution < 1.29 is 14.3 Å². The van der Waals surface area contributed by atoms with Gasteiger partial charge in [-0.25, -0.2) is 4.39 Å². The van der Waals surface area contributed by atoms with Crippen molar-refractivity contribution >= 4 is 15.9 Å². The second-order valence-corrected chi connectivity index (χ2v) is 3.65. The molecule has 0 amide bonds. The number of halogens is 2. The molecule has 0 unspecified atom stereocenters. The first-order valence-electron chi connectivity index (χ1n) is 3.97. The standard InChI is InChI=1S/C9H11BrFNO2/c1-12(13)5-6-7(11)3-4-8(14-2)9(6)10/h3-4,13H,5H2,1-2H3. The van der Waals surface area contributed by atoms with Crippen LogP contribution in [-0.4, -0.2) is 24.4 Å². The summed E-state index contributed by atoms with van der Waals surface area (Å²) < 4.78 is 18.8. The van der Waals surface area contributed by atoms with Crippen LogP contribution in [0.2, 0.25) is 0 Å². The Labute approximate surface area is 90.2 Å². The van der Waals surface area contributed by atoms with Crippen LogP contribution in [0.1, 0.15) is 5.56 Å². The minimum Gasteiger partial charge on any atom is -0.496 e. The molecule has 0 atom stereocenters. The lowest BCUT2D eigenvalue weighted by molar-refractivity contribution is -0.0740. The number of methoxy groups -OCH3 is 1. The monoisotopic (exact) mass is 263 g/mol. The fraction of sp³-hybridized carbons (Fsp3) is 0.333. The number of nitrogens with zero attached hydrogens (tertiary/aromatic N) is 1. The van der Waals surface area contributed by atoms with Gasteiger partial charge in [0.15, 0.2) is 0 Å². The van der Waals surface area contributed by atoms with Crippen molar-refractivity contribution in [2.45, 2.75) is 6.54 Å². The number of benzene rings is 1. The fourth-order valence-corrected chi connectivity index (χ4v) is 1.72. The van der Waals surface area contributed by atoms with Gasteiger partial charge in [-0.2, -0.15) is 5.06 Å². The van der Waals surface area contributed by atoms with Crippen LogP contribution in [0.15, 0.2) is 16.6 Å². The van der Waals surface area contributed by atoms with Crippen LogP contribution < -0.4 is 4.74 Å². The summed E-state index contributed by atoms with van der Waals surface area (Å²) in [5, 5.41) is 9.93. The molecule has 0 bridgehead atoms. The number of ether oxygens (including phenoxy) is 1. The highest BCUT2D eigenvalue weighted by atomic mass is 79.9.